The van der Waals surface area contributed by atoms with Crippen molar-refractivity contribution in [2.75, 3.05) is 43.1 Å². The van der Waals surface area contributed by atoms with Gasteiger partial charge in [0.25, 0.3) is 11.8 Å². The van der Waals surface area contributed by atoms with Gasteiger partial charge in [0.2, 0.25) is 5.91 Å². The summed E-state index contributed by atoms with van der Waals surface area (Å²) in [5.74, 6) is -1.28. The molecule has 3 rings (SSSR count). The molecular weight excluding hydrogens is 386 g/mol. The van der Waals surface area contributed by atoms with Crippen LogP contribution in [0.1, 0.15) is 26.7 Å². The Morgan fingerprint density at radius 1 is 1.13 bits per heavy atom. The number of anilines is 2. The lowest BCUT2D eigenvalue weighted by Crippen LogP contribution is -2.55. The highest BCUT2D eigenvalue weighted by Gasteiger charge is 2.30. The number of benzene rings is 1. The van der Waals surface area contributed by atoms with E-state index >= 15 is 0 Å². The number of carbonyl (C=O) groups is 3. The first-order valence-corrected chi connectivity index (χ1v) is 10.4. The highest BCUT2D eigenvalue weighted by molar-refractivity contribution is 6.09. The molecule has 2 fully saturated rings. The van der Waals surface area contributed by atoms with Gasteiger partial charge in [0, 0.05) is 30.0 Å². The highest BCUT2D eigenvalue weighted by atomic mass is 16.5. The van der Waals surface area contributed by atoms with Gasteiger partial charge in [0.05, 0.1) is 6.61 Å². The van der Waals surface area contributed by atoms with Gasteiger partial charge in [-0.3, -0.25) is 19.7 Å². The van der Waals surface area contributed by atoms with Crippen LogP contribution in [0.25, 0.3) is 0 Å². The molecule has 1 atom stereocenters. The maximum absolute atomic E-state index is 12.7. The summed E-state index contributed by atoms with van der Waals surface area (Å²) in [6.45, 7) is 7.22. The molecule has 0 aromatic heterocycles. The Morgan fingerprint density at radius 3 is 2.37 bits per heavy atom. The van der Waals surface area contributed by atoms with E-state index < -0.39 is 17.9 Å². The number of rotatable bonds is 7. The van der Waals surface area contributed by atoms with Crippen molar-refractivity contribution in [1.29, 1.82) is 0 Å². The number of hydrogen-bond acceptors (Lipinski definition) is 6. The Balaban J connectivity index is 1.57. The third-order valence-electron chi connectivity index (χ3n) is 5.64. The zero-order valence-corrected chi connectivity index (χ0v) is 17.6. The summed E-state index contributed by atoms with van der Waals surface area (Å²) in [5, 5.41) is 5.86. The van der Waals surface area contributed by atoms with E-state index in [0.29, 0.717) is 24.9 Å². The molecule has 30 heavy (non-hydrogen) atoms. The van der Waals surface area contributed by atoms with Gasteiger partial charge in [-0.2, -0.15) is 0 Å². The fraction of sp³-hybridized carbons (Fsp3) is 0.571. The minimum atomic E-state index is -1.10. The smallest absolute Gasteiger partial charge is 0.253 e. The average molecular weight is 418 g/mol. The zero-order chi connectivity index (χ0) is 21.7. The van der Waals surface area contributed by atoms with Crippen LogP contribution in [0.5, 0.6) is 0 Å². The number of ether oxygens (including phenoxy) is 1. The number of nitrogens with two attached hydrogens (primary N) is 1. The summed E-state index contributed by atoms with van der Waals surface area (Å²) in [7, 11) is 0. The molecule has 9 nitrogen and oxygen atoms in total. The van der Waals surface area contributed by atoms with Crippen molar-refractivity contribution < 1.29 is 19.1 Å². The number of amides is 3. The second-order valence-corrected chi connectivity index (χ2v) is 8.04. The summed E-state index contributed by atoms with van der Waals surface area (Å²) < 4.78 is 5.14. The van der Waals surface area contributed by atoms with Crippen LogP contribution in [-0.4, -0.2) is 73.6 Å². The fourth-order valence-corrected chi connectivity index (χ4v) is 3.84. The Labute approximate surface area is 176 Å². The maximum atomic E-state index is 12.7. The molecular formula is C21H31N5O4. The maximum Gasteiger partial charge on any atom is 0.253 e. The number of likely N-dealkylation sites (tertiary alicyclic amines) is 1. The summed E-state index contributed by atoms with van der Waals surface area (Å²) in [5.41, 5.74) is 6.77. The standard InChI is InChI=1S/C21H31N5O4/c1-14(2)25-9-7-16(8-10-25)23-19(20(22)28)21(29)24-15-3-5-17(6-4-15)26-11-12-30-13-18(26)27/h3-6,14,16,19,23H,7-13H2,1-2H3,(H2,22,28)(H,24,29)/t19-/m0/s1. The molecule has 0 spiro atoms. The molecule has 2 aliphatic rings. The number of primary amides is 1. The van der Waals surface area contributed by atoms with Crippen LogP contribution in [-0.2, 0) is 19.1 Å². The number of morpholine rings is 1. The van der Waals surface area contributed by atoms with Gasteiger partial charge < -0.3 is 25.6 Å². The molecule has 1 aromatic rings. The summed E-state index contributed by atoms with van der Waals surface area (Å²) >= 11 is 0. The van der Waals surface area contributed by atoms with E-state index in [1.165, 1.54) is 0 Å². The average Bonchev–Trinajstić information content (AvgIpc) is 2.73. The van der Waals surface area contributed by atoms with Gasteiger partial charge in [-0.05, 0) is 64.0 Å². The SMILES string of the molecule is CC(C)N1CCC(N[C@@H](C(N)=O)C(=O)Nc2ccc(N3CCOCC3=O)cc2)CC1. The van der Waals surface area contributed by atoms with E-state index in [1.807, 2.05) is 0 Å². The van der Waals surface area contributed by atoms with E-state index in [2.05, 4.69) is 29.4 Å². The van der Waals surface area contributed by atoms with Gasteiger partial charge >= 0.3 is 0 Å². The van der Waals surface area contributed by atoms with Gasteiger partial charge in [-0.15, -0.1) is 0 Å². The number of nitrogens with zero attached hydrogens (tertiary/aromatic N) is 2. The molecule has 0 saturated carbocycles. The monoisotopic (exact) mass is 417 g/mol. The molecule has 1 aromatic carbocycles. The van der Waals surface area contributed by atoms with E-state index in [9.17, 15) is 14.4 Å². The Bertz CT molecular complexity index is 759. The first-order valence-electron chi connectivity index (χ1n) is 10.4. The fourth-order valence-electron chi connectivity index (χ4n) is 3.84. The van der Waals surface area contributed by atoms with Crippen LogP contribution in [0.4, 0.5) is 11.4 Å². The van der Waals surface area contributed by atoms with Crippen molar-refractivity contribution >= 4 is 29.1 Å². The quantitative estimate of drug-likeness (QED) is 0.550. The van der Waals surface area contributed by atoms with Gasteiger partial charge in [0.1, 0.15) is 6.61 Å². The van der Waals surface area contributed by atoms with Crippen LogP contribution >= 0.6 is 0 Å². The number of hydrogen-bond donors (Lipinski definition) is 3. The molecule has 4 N–H and O–H groups in total. The van der Waals surface area contributed by atoms with Crippen LogP contribution in [0, 0.1) is 0 Å². The number of carbonyl (C=O) groups excluding carboxylic acids is 3. The molecule has 3 amide bonds. The number of piperidine rings is 1. The zero-order valence-electron chi connectivity index (χ0n) is 17.6. The molecule has 0 unspecified atom stereocenters. The second kappa shape index (κ2) is 10.0. The topological polar surface area (TPSA) is 117 Å². The van der Waals surface area contributed by atoms with Crippen molar-refractivity contribution in [3.63, 3.8) is 0 Å². The first kappa shape index (κ1) is 22.2. The normalized spacial score (nSPS) is 19.7. The summed E-state index contributed by atoms with van der Waals surface area (Å²) in [4.78, 5) is 40.5. The molecule has 2 aliphatic heterocycles. The second-order valence-electron chi connectivity index (χ2n) is 8.04. The highest BCUT2D eigenvalue weighted by Crippen LogP contribution is 2.20. The van der Waals surface area contributed by atoms with Crippen LogP contribution in [0.15, 0.2) is 24.3 Å². The van der Waals surface area contributed by atoms with Crippen molar-refractivity contribution in [2.45, 2.75) is 44.8 Å². The van der Waals surface area contributed by atoms with Crippen LogP contribution in [0.3, 0.4) is 0 Å². The van der Waals surface area contributed by atoms with Crippen molar-refractivity contribution in [1.82, 2.24) is 10.2 Å². The summed E-state index contributed by atoms with van der Waals surface area (Å²) in [6, 6.07) is 6.38. The molecule has 0 aliphatic carbocycles. The Morgan fingerprint density at radius 2 is 1.80 bits per heavy atom. The Kier molecular flexibility index (Phi) is 7.41. The van der Waals surface area contributed by atoms with Gasteiger partial charge in [-0.1, -0.05) is 0 Å². The molecule has 2 saturated heterocycles. The van der Waals surface area contributed by atoms with E-state index in [4.69, 9.17) is 10.5 Å². The van der Waals surface area contributed by atoms with E-state index in [0.717, 1.165) is 31.6 Å². The van der Waals surface area contributed by atoms with Crippen molar-refractivity contribution in [2.24, 2.45) is 5.73 Å². The van der Waals surface area contributed by atoms with Crippen LogP contribution < -0.4 is 21.3 Å². The molecule has 164 valence electrons. The first-order chi connectivity index (χ1) is 14.3. The number of nitrogens with one attached hydrogen (secondary N) is 2. The van der Waals surface area contributed by atoms with Gasteiger partial charge in [0.15, 0.2) is 6.04 Å². The largest absolute Gasteiger partial charge is 0.370 e. The third-order valence-corrected chi connectivity index (χ3v) is 5.64. The minimum absolute atomic E-state index is 0.0676. The van der Waals surface area contributed by atoms with E-state index in [1.54, 1.807) is 29.2 Å². The minimum Gasteiger partial charge on any atom is -0.370 e. The molecule has 2 heterocycles. The third kappa shape index (κ3) is 5.56. The predicted molar refractivity (Wildman–Crippen MR) is 114 cm³/mol. The lowest BCUT2D eigenvalue weighted by molar-refractivity contribution is -0.128. The van der Waals surface area contributed by atoms with Crippen molar-refractivity contribution in [3.8, 4) is 0 Å². The van der Waals surface area contributed by atoms with Gasteiger partial charge in [-0.25, -0.2) is 0 Å². The lowest BCUT2D eigenvalue weighted by Gasteiger charge is -2.35. The molecule has 0 bridgehead atoms. The van der Waals surface area contributed by atoms with Crippen molar-refractivity contribution in [3.05, 3.63) is 24.3 Å². The Hall–Kier alpha value is -2.49. The molecule has 0 radical (unpaired) electrons. The predicted octanol–water partition coefficient (Wildman–Crippen LogP) is 0.305. The lowest BCUT2D eigenvalue weighted by atomic mass is 10.0. The van der Waals surface area contributed by atoms with Crippen LogP contribution in [0.2, 0.25) is 0 Å². The molecule has 9 heteroatoms. The van der Waals surface area contributed by atoms with E-state index in [-0.39, 0.29) is 18.6 Å². The summed E-state index contributed by atoms with van der Waals surface area (Å²) in [6.07, 6.45) is 1.72.